The van der Waals surface area contributed by atoms with E-state index in [1.54, 1.807) is 19.1 Å². The molecule has 10 heteroatoms. The van der Waals surface area contributed by atoms with Gasteiger partial charge in [-0.25, -0.2) is 0 Å². The van der Waals surface area contributed by atoms with Gasteiger partial charge in [0.1, 0.15) is 28.6 Å². The Kier molecular flexibility index (Phi) is 5.43. The van der Waals surface area contributed by atoms with Crippen molar-refractivity contribution in [1.82, 2.24) is 0 Å². The molecule has 218 valence electrons. The second kappa shape index (κ2) is 8.71. The van der Waals surface area contributed by atoms with Crippen molar-refractivity contribution < 1.29 is 33.9 Å². The van der Waals surface area contributed by atoms with Crippen molar-refractivity contribution >= 4 is 60.0 Å². The second-order valence-electron chi connectivity index (χ2n) is 11.4. The van der Waals surface area contributed by atoms with Crippen LogP contribution < -0.4 is 35.7 Å². The Morgan fingerprint density at radius 2 is 1.42 bits per heavy atom. The van der Waals surface area contributed by atoms with Crippen molar-refractivity contribution in [2.45, 2.75) is 32.3 Å². The van der Waals surface area contributed by atoms with Gasteiger partial charge < -0.3 is 33.9 Å². The summed E-state index contributed by atoms with van der Waals surface area (Å²) in [6, 6.07) is 5.90. The van der Waals surface area contributed by atoms with Crippen molar-refractivity contribution in [3.05, 3.63) is 71.3 Å². The molecule has 0 fully saturated rings. The molecule has 1 atom stereocenters. The van der Waals surface area contributed by atoms with Gasteiger partial charge in [0.25, 0.3) is 0 Å². The zero-order valence-corrected chi connectivity index (χ0v) is 23.9. The molecule has 1 aliphatic rings. The summed E-state index contributed by atoms with van der Waals surface area (Å²) in [6.45, 7) is 3.31. The van der Waals surface area contributed by atoms with Crippen LogP contribution in [0, 0.1) is 6.92 Å². The summed E-state index contributed by atoms with van der Waals surface area (Å²) in [4.78, 5) is 42.1. The lowest BCUT2D eigenvalue weighted by atomic mass is 9.81. The molecule has 43 heavy (non-hydrogen) atoms. The quantitative estimate of drug-likeness (QED) is 0.208. The highest BCUT2D eigenvalue weighted by Gasteiger charge is 2.35. The monoisotopic (exact) mass is 582 g/mol. The number of hydrogen-bond donors (Lipinski definition) is 3. The van der Waals surface area contributed by atoms with Gasteiger partial charge in [-0.05, 0) is 37.1 Å². The SMILES string of the molecule is COc1cc(OC)c2c(=O)c3c(c4c2c1oc1cc(=O)c2c(O)c5c(OC)cc(C)cc5c(=O)c2c14)C[C@](C)(O)CC=3O. The number of aromatic hydroxyl groups is 1. The van der Waals surface area contributed by atoms with Crippen LogP contribution >= 0.6 is 0 Å². The van der Waals surface area contributed by atoms with E-state index >= 15 is 0 Å². The van der Waals surface area contributed by atoms with E-state index < -0.39 is 27.6 Å². The number of rotatable bonds is 3. The third-order valence-corrected chi connectivity index (χ3v) is 8.48. The fraction of sp³-hybridized carbons (Fsp3) is 0.242. The number of phenolic OH excluding ortho intramolecular Hbond substituents is 1. The van der Waals surface area contributed by atoms with Crippen LogP contribution in [0.5, 0.6) is 23.0 Å². The third-order valence-electron chi connectivity index (χ3n) is 8.48. The average Bonchev–Trinajstić information content (AvgIpc) is 2.95. The first-order valence-electron chi connectivity index (χ1n) is 13.5. The molecule has 0 aliphatic heterocycles. The molecule has 0 saturated carbocycles. The molecular formula is C33H26O10. The van der Waals surface area contributed by atoms with Crippen LogP contribution in [0.3, 0.4) is 0 Å². The Labute approximate surface area is 241 Å². The molecule has 0 radical (unpaired) electrons. The standard InChI is InChI=1S/C33H26O10/c1-12-6-13-22(17(7-12)40-3)31(38)24-15(34)8-19-25(27(24)29(13)36)23-14-10-33(2,39)11-16(35)21(14)30(37)26-18(41-4)9-20(42-5)32(43-19)28(23)26/h6-9,35,38-39H,10-11H2,1-5H3/t33-/m0/s1. The van der Waals surface area contributed by atoms with E-state index in [2.05, 4.69) is 0 Å². The number of fused-ring (bicyclic) bond motifs is 7. The normalized spacial score (nSPS) is 16.9. The van der Waals surface area contributed by atoms with Crippen LogP contribution in [0.15, 0.2) is 43.1 Å². The Morgan fingerprint density at radius 3 is 2.09 bits per heavy atom. The molecule has 0 spiro atoms. The largest absolute Gasteiger partial charge is 0.511 e. The van der Waals surface area contributed by atoms with Crippen molar-refractivity contribution in [3.63, 3.8) is 0 Å². The summed E-state index contributed by atoms with van der Waals surface area (Å²) in [6.07, 6.45) is -0.237. The van der Waals surface area contributed by atoms with Gasteiger partial charge in [0.2, 0.25) is 5.43 Å². The number of phenols is 1. The minimum Gasteiger partial charge on any atom is -0.511 e. The number of hydrogen-bond acceptors (Lipinski definition) is 10. The van der Waals surface area contributed by atoms with Crippen LogP contribution in [-0.4, -0.2) is 42.3 Å². The number of ether oxygens (including phenoxy) is 3. The van der Waals surface area contributed by atoms with Gasteiger partial charge in [-0.1, -0.05) is 0 Å². The molecule has 3 N–H and O–H groups in total. The highest BCUT2D eigenvalue weighted by atomic mass is 16.5. The summed E-state index contributed by atoms with van der Waals surface area (Å²) in [7, 11) is 4.20. The third kappa shape index (κ3) is 3.41. The van der Waals surface area contributed by atoms with Gasteiger partial charge in [-0.15, -0.1) is 0 Å². The van der Waals surface area contributed by atoms with Crippen LogP contribution in [-0.2, 0) is 6.42 Å². The van der Waals surface area contributed by atoms with Crippen molar-refractivity contribution in [2.24, 2.45) is 0 Å². The molecule has 1 aliphatic carbocycles. The molecule has 0 amide bonds. The van der Waals surface area contributed by atoms with Crippen molar-refractivity contribution in [2.75, 3.05) is 21.3 Å². The maximum absolute atomic E-state index is 14.4. The molecule has 1 heterocycles. The first-order chi connectivity index (χ1) is 20.4. The van der Waals surface area contributed by atoms with E-state index in [-0.39, 0.29) is 95.5 Å². The maximum atomic E-state index is 14.4. The number of aliphatic hydroxyl groups excluding tert-OH is 1. The molecule has 0 unspecified atom stereocenters. The first-order valence-corrected chi connectivity index (χ1v) is 13.5. The lowest BCUT2D eigenvalue weighted by Crippen LogP contribution is -2.42. The fourth-order valence-electron chi connectivity index (χ4n) is 6.82. The Bertz CT molecular complexity index is 2470. The Morgan fingerprint density at radius 1 is 0.744 bits per heavy atom. The molecule has 6 aromatic rings. The minimum absolute atomic E-state index is 0.00390. The van der Waals surface area contributed by atoms with E-state index in [1.165, 1.54) is 40.4 Å². The van der Waals surface area contributed by atoms with Crippen LogP contribution in [0.1, 0.15) is 24.5 Å². The fourth-order valence-corrected chi connectivity index (χ4v) is 6.82. The van der Waals surface area contributed by atoms with Crippen LogP contribution in [0.4, 0.5) is 0 Å². The lowest BCUT2D eigenvalue weighted by Gasteiger charge is -2.29. The van der Waals surface area contributed by atoms with E-state index in [9.17, 15) is 29.7 Å². The van der Waals surface area contributed by atoms with Gasteiger partial charge in [0.05, 0.1) is 48.3 Å². The average molecular weight is 583 g/mol. The smallest absolute Gasteiger partial charge is 0.201 e. The summed E-state index contributed by atoms with van der Waals surface area (Å²) in [5.41, 5.74) is -2.16. The van der Waals surface area contributed by atoms with E-state index in [4.69, 9.17) is 18.6 Å². The van der Waals surface area contributed by atoms with Crippen molar-refractivity contribution in [3.8, 4) is 23.0 Å². The maximum Gasteiger partial charge on any atom is 0.201 e. The predicted molar refractivity (Wildman–Crippen MR) is 162 cm³/mol. The van der Waals surface area contributed by atoms with Crippen LogP contribution in [0.25, 0.3) is 60.0 Å². The Hall–Kier alpha value is -5.09. The van der Waals surface area contributed by atoms with Gasteiger partial charge in [-0.3, -0.25) is 14.4 Å². The Balaban J connectivity index is 1.93. The summed E-state index contributed by atoms with van der Waals surface area (Å²) < 4.78 is 22.9. The van der Waals surface area contributed by atoms with Gasteiger partial charge >= 0.3 is 0 Å². The predicted octanol–water partition coefficient (Wildman–Crippen LogP) is 3.69. The number of aliphatic hydroxyl groups is 2. The van der Waals surface area contributed by atoms with E-state index in [1.807, 2.05) is 0 Å². The topological polar surface area (TPSA) is 153 Å². The molecule has 7 rings (SSSR count). The first kappa shape index (κ1) is 26.8. The zero-order valence-electron chi connectivity index (χ0n) is 23.9. The van der Waals surface area contributed by atoms with Gasteiger partial charge in [0.15, 0.2) is 22.2 Å². The van der Waals surface area contributed by atoms with E-state index in [0.29, 0.717) is 10.9 Å². The zero-order chi connectivity index (χ0) is 30.7. The lowest BCUT2D eigenvalue weighted by molar-refractivity contribution is 0.0567. The highest BCUT2D eigenvalue weighted by Crippen LogP contribution is 2.46. The van der Waals surface area contributed by atoms with Gasteiger partial charge in [0, 0.05) is 51.9 Å². The minimum atomic E-state index is -1.44. The highest BCUT2D eigenvalue weighted by molar-refractivity contribution is 6.29. The summed E-state index contributed by atoms with van der Waals surface area (Å²) >= 11 is 0. The number of methoxy groups -OCH3 is 3. The molecule has 0 saturated heterocycles. The molecular weight excluding hydrogens is 556 g/mol. The van der Waals surface area contributed by atoms with E-state index in [0.717, 1.165) is 0 Å². The van der Waals surface area contributed by atoms with Crippen molar-refractivity contribution in [1.29, 1.82) is 0 Å². The molecule has 5 aromatic carbocycles. The molecule has 0 bridgehead atoms. The second-order valence-corrected chi connectivity index (χ2v) is 11.4. The summed E-state index contributed by atoms with van der Waals surface area (Å²) in [5.74, 6) is -0.186. The summed E-state index contributed by atoms with van der Waals surface area (Å²) in [5, 5.41) is 34.4. The molecule has 1 aromatic heterocycles. The molecule has 10 nitrogen and oxygen atoms in total. The van der Waals surface area contributed by atoms with Gasteiger partial charge in [-0.2, -0.15) is 0 Å². The van der Waals surface area contributed by atoms with Crippen LogP contribution in [0.2, 0.25) is 0 Å². The number of aryl methyl sites for hydroxylation is 1. The number of benzene rings is 5.